The lowest BCUT2D eigenvalue weighted by Gasteiger charge is -2.17. The first-order chi connectivity index (χ1) is 7.02. The molecule has 0 aliphatic heterocycles. The van der Waals surface area contributed by atoms with Crippen LogP contribution >= 0.6 is 0 Å². The van der Waals surface area contributed by atoms with Gasteiger partial charge in [-0.1, -0.05) is 0 Å². The fourth-order valence-electron chi connectivity index (χ4n) is 1.11. The maximum absolute atomic E-state index is 11.5. The second-order valence-electron chi connectivity index (χ2n) is 3.37. The van der Waals surface area contributed by atoms with Gasteiger partial charge in [0.05, 0.1) is 0 Å². The van der Waals surface area contributed by atoms with E-state index in [4.69, 9.17) is 0 Å². The van der Waals surface area contributed by atoms with Crippen LogP contribution in [0.15, 0.2) is 17.2 Å². The molecule has 6 nitrogen and oxygen atoms in total. The van der Waals surface area contributed by atoms with Crippen molar-refractivity contribution in [2.45, 2.75) is 13.0 Å². The largest absolute Gasteiger partial charge is 0.354 e. The molecule has 2 N–H and O–H groups in total. The molecule has 15 heavy (non-hydrogen) atoms. The summed E-state index contributed by atoms with van der Waals surface area (Å²) in [6.45, 7) is 1.68. The van der Waals surface area contributed by atoms with Gasteiger partial charge >= 0.3 is 0 Å². The van der Waals surface area contributed by atoms with Crippen LogP contribution in [-0.4, -0.2) is 40.9 Å². The average Bonchev–Trinajstić information content (AvgIpc) is 2.20. The van der Waals surface area contributed by atoms with Crippen molar-refractivity contribution in [3.05, 3.63) is 22.7 Å². The Labute approximate surface area is 87.3 Å². The number of hydrogen-bond donors (Lipinski definition) is 2. The van der Waals surface area contributed by atoms with E-state index in [2.05, 4.69) is 15.3 Å². The Kier molecular flexibility index (Phi) is 3.43. The maximum atomic E-state index is 11.5. The van der Waals surface area contributed by atoms with E-state index in [1.54, 1.807) is 21.0 Å². The quantitative estimate of drug-likeness (QED) is 0.715. The van der Waals surface area contributed by atoms with Crippen LogP contribution in [0.25, 0.3) is 0 Å². The van der Waals surface area contributed by atoms with Crippen LogP contribution in [0.3, 0.4) is 0 Å². The summed E-state index contributed by atoms with van der Waals surface area (Å²) in [5, 5.41) is 2.75. The Morgan fingerprint density at radius 3 is 2.80 bits per heavy atom. The van der Waals surface area contributed by atoms with Gasteiger partial charge in [-0.2, -0.15) is 0 Å². The van der Waals surface area contributed by atoms with Gasteiger partial charge < -0.3 is 15.2 Å². The number of rotatable bonds is 3. The van der Waals surface area contributed by atoms with Crippen molar-refractivity contribution in [2.75, 3.05) is 19.4 Å². The topological polar surface area (TPSA) is 78.1 Å². The molecule has 0 aliphatic carbocycles. The first-order valence-electron chi connectivity index (χ1n) is 4.53. The lowest BCUT2D eigenvalue weighted by atomic mass is 10.3. The van der Waals surface area contributed by atoms with E-state index in [9.17, 15) is 9.59 Å². The molecule has 0 aromatic carbocycles. The van der Waals surface area contributed by atoms with Crippen molar-refractivity contribution in [1.29, 1.82) is 0 Å². The van der Waals surface area contributed by atoms with Crippen LogP contribution < -0.4 is 10.9 Å². The van der Waals surface area contributed by atoms with E-state index in [1.165, 1.54) is 17.3 Å². The van der Waals surface area contributed by atoms with Crippen LogP contribution in [0.2, 0.25) is 0 Å². The molecule has 0 fully saturated rings. The number of carbonyl (C=O) groups is 1. The predicted octanol–water partition coefficient (Wildman–Crippen LogP) is -0.342. The van der Waals surface area contributed by atoms with E-state index in [0.29, 0.717) is 0 Å². The van der Waals surface area contributed by atoms with Crippen molar-refractivity contribution in [3.63, 3.8) is 0 Å². The van der Waals surface area contributed by atoms with Gasteiger partial charge in [-0.05, 0) is 6.92 Å². The number of carbonyl (C=O) groups excluding carboxylic acids is 1. The Balaban J connectivity index is 2.75. The molecule has 6 heteroatoms. The molecule has 0 saturated carbocycles. The first kappa shape index (κ1) is 11.2. The van der Waals surface area contributed by atoms with Crippen LogP contribution in [0, 0.1) is 0 Å². The third kappa shape index (κ3) is 2.80. The Morgan fingerprint density at radius 2 is 2.27 bits per heavy atom. The monoisotopic (exact) mass is 210 g/mol. The van der Waals surface area contributed by atoms with Gasteiger partial charge in [0.2, 0.25) is 5.91 Å². The van der Waals surface area contributed by atoms with Crippen molar-refractivity contribution in [2.24, 2.45) is 0 Å². The minimum atomic E-state index is -0.476. The van der Waals surface area contributed by atoms with E-state index < -0.39 is 6.04 Å². The van der Waals surface area contributed by atoms with E-state index in [-0.39, 0.29) is 17.3 Å². The molecule has 0 radical (unpaired) electrons. The van der Waals surface area contributed by atoms with Crippen LogP contribution in [0.5, 0.6) is 0 Å². The van der Waals surface area contributed by atoms with E-state index >= 15 is 0 Å². The molecule has 1 amide bonds. The first-order valence-corrected chi connectivity index (χ1v) is 4.53. The molecule has 82 valence electrons. The molecule has 1 heterocycles. The van der Waals surface area contributed by atoms with E-state index in [1.807, 2.05) is 0 Å². The average molecular weight is 210 g/mol. The maximum Gasteiger partial charge on any atom is 0.290 e. The van der Waals surface area contributed by atoms with Crippen molar-refractivity contribution in [1.82, 2.24) is 14.9 Å². The van der Waals surface area contributed by atoms with Crippen molar-refractivity contribution >= 4 is 11.7 Å². The molecule has 1 unspecified atom stereocenters. The van der Waals surface area contributed by atoms with Crippen LogP contribution in [0.4, 0.5) is 5.82 Å². The standard InChI is InChI=1S/C9H14N4O2/c1-6(9(15)13(2)3)12-7-8(14)11-5-4-10-7/h4-6H,1-3H3,(H,10,12)(H,11,14). The summed E-state index contributed by atoms with van der Waals surface area (Å²) < 4.78 is 0. The number of amides is 1. The number of nitrogens with one attached hydrogen (secondary N) is 2. The predicted molar refractivity (Wildman–Crippen MR) is 56.6 cm³/mol. The van der Waals surface area contributed by atoms with Gasteiger partial charge in [0.1, 0.15) is 6.04 Å². The number of H-pyrrole nitrogens is 1. The van der Waals surface area contributed by atoms with Gasteiger partial charge in [0, 0.05) is 26.5 Å². The third-order valence-electron chi connectivity index (χ3n) is 1.87. The van der Waals surface area contributed by atoms with Crippen molar-refractivity contribution < 1.29 is 4.79 Å². The third-order valence-corrected chi connectivity index (χ3v) is 1.87. The Morgan fingerprint density at radius 1 is 1.60 bits per heavy atom. The number of likely N-dealkylation sites (N-methyl/N-ethyl adjacent to an activating group) is 1. The van der Waals surface area contributed by atoms with Gasteiger partial charge in [0.25, 0.3) is 5.56 Å². The highest BCUT2D eigenvalue weighted by atomic mass is 16.2. The van der Waals surface area contributed by atoms with Gasteiger partial charge in [-0.3, -0.25) is 9.59 Å². The molecule has 0 spiro atoms. The number of aromatic nitrogens is 2. The molecular weight excluding hydrogens is 196 g/mol. The highest BCUT2D eigenvalue weighted by molar-refractivity contribution is 5.83. The zero-order valence-corrected chi connectivity index (χ0v) is 8.94. The van der Waals surface area contributed by atoms with Gasteiger partial charge in [-0.15, -0.1) is 0 Å². The second kappa shape index (κ2) is 4.59. The Bertz CT molecular complexity index is 399. The highest BCUT2D eigenvalue weighted by Gasteiger charge is 2.15. The molecular formula is C9H14N4O2. The van der Waals surface area contributed by atoms with Crippen LogP contribution in [0.1, 0.15) is 6.92 Å². The summed E-state index contributed by atoms with van der Waals surface area (Å²) >= 11 is 0. The fourth-order valence-corrected chi connectivity index (χ4v) is 1.11. The Hall–Kier alpha value is -1.85. The number of hydrogen-bond acceptors (Lipinski definition) is 4. The molecule has 0 aliphatic rings. The van der Waals surface area contributed by atoms with Gasteiger partial charge in [-0.25, -0.2) is 4.98 Å². The summed E-state index contributed by atoms with van der Waals surface area (Å²) in [7, 11) is 3.31. The van der Waals surface area contributed by atoms with E-state index in [0.717, 1.165) is 0 Å². The number of nitrogens with zero attached hydrogens (tertiary/aromatic N) is 2. The number of anilines is 1. The minimum absolute atomic E-state index is 0.111. The van der Waals surface area contributed by atoms with Gasteiger partial charge in [0.15, 0.2) is 5.82 Å². The second-order valence-corrected chi connectivity index (χ2v) is 3.37. The van der Waals surface area contributed by atoms with Crippen molar-refractivity contribution in [3.8, 4) is 0 Å². The normalized spacial score (nSPS) is 11.9. The lowest BCUT2D eigenvalue weighted by Crippen LogP contribution is -2.38. The number of aromatic amines is 1. The highest BCUT2D eigenvalue weighted by Crippen LogP contribution is 1.97. The summed E-state index contributed by atoms with van der Waals surface area (Å²) in [5.41, 5.74) is -0.337. The fraction of sp³-hybridized carbons (Fsp3) is 0.444. The smallest absolute Gasteiger partial charge is 0.290 e. The zero-order valence-electron chi connectivity index (χ0n) is 8.94. The van der Waals surface area contributed by atoms with Crippen LogP contribution in [-0.2, 0) is 4.79 Å². The minimum Gasteiger partial charge on any atom is -0.354 e. The summed E-state index contributed by atoms with van der Waals surface area (Å²) in [5.74, 6) is 0.0419. The molecule has 1 atom stereocenters. The molecule has 1 rings (SSSR count). The SMILES string of the molecule is CC(Nc1ncc[nH]c1=O)C(=O)N(C)C. The molecule has 0 saturated heterocycles. The summed E-state index contributed by atoms with van der Waals surface area (Å²) in [4.78, 5) is 30.5. The molecule has 1 aromatic heterocycles. The summed E-state index contributed by atoms with van der Waals surface area (Å²) in [6.07, 6.45) is 2.89. The molecule has 0 bridgehead atoms. The molecule has 1 aromatic rings. The summed E-state index contributed by atoms with van der Waals surface area (Å²) in [6, 6.07) is -0.476. The zero-order chi connectivity index (χ0) is 11.4. The lowest BCUT2D eigenvalue weighted by molar-refractivity contribution is -0.129.